The fourth-order valence-corrected chi connectivity index (χ4v) is 3.67. The van der Waals surface area contributed by atoms with Gasteiger partial charge in [0.25, 0.3) is 5.69 Å². The molecule has 0 unspecified atom stereocenters. The molecule has 0 heterocycles. The van der Waals surface area contributed by atoms with Crippen molar-refractivity contribution in [3.8, 4) is 5.75 Å². The molecule has 2 aromatic carbocycles. The number of carbonyl (C=O) groups excluding carboxylic acids is 1. The number of hydrogen-bond donors (Lipinski definition) is 1. The Balaban J connectivity index is 2.12. The summed E-state index contributed by atoms with van der Waals surface area (Å²) >= 11 is 6.00. The fourth-order valence-electron chi connectivity index (χ4n) is 2.47. The number of sulfonamides is 1. The number of rotatable bonds is 7. The Hall–Kier alpha value is -2.85. The predicted octanol–water partition coefficient (Wildman–Crippen LogP) is 3.32. The second-order valence-electron chi connectivity index (χ2n) is 5.69. The molecule has 9 nitrogen and oxygen atoms in total. The van der Waals surface area contributed by atoms with Gasteiger partial charge < -0.3 is 10.1 Å². The van der Waals surface area contributed by atoms with Gasteiger partial charge in [0, 0.05) is 30.2 Å². The lowest BCUT2D eigenvalue weighted by atomic mass is 10.1. The van der Waals surface area contributed by atoms with Gasteiger partial charge in [-0.15, -0.1) is 0 Å². The lowest BCUT2D eigenvalue weighted by Gasteiger charge is -2.23. The fraction of sp³-hybridized carbons (Fsp3) is 0.235. The zero-order chi connectivity index (χ0) is 20.9. The van der Waals surface area contributed by atoms with E-state index in [4.69, 9.17) is 16.3 Å². The maximum Gasteiger partial charge on any atom is 0.412 e. The van der Waals surface area contributed by atoms with E-state index in [2.05, 4.69) is 5.32 Å². The van der Waals surface area contributed by atoms with E-state index in [-0.39, 0.29) is 24.5 Å². The van der Waals surface area contributed by atoms with Crippen LogP contribution in [0.15, 0.2) is 42.5 Å². The van der Waals surface area contributed by atoms with E-state index in [9.17, 15) is 23.3 Å². The Morgan fingerprint density at radius 1 is 1.25 bits per heavy atom. The predicted molar refractivity (Wildman–Crippen MR) is 105 cm³/mol. The van der Waals surface area contributed by atoms with Crippen molar-refractivity contribution >= 4 is 39.1 Å². The van der Waals surface area contributed by atoms with E-state index in [0.29, 0.717) is 16.3 Å². The van der Waals surface area contributed by atoms with Crippen molar-refractivity contribution in [3.05, 3.63) is 63.2 Å². The molecule has 0 saturated carbocycles. The first kappa shape index (κ1) is 21.5. The first-order chi connectivity index (χ1) is 13.1. The highest BCUT2D eigenvalue weighted by molar-refractivity contribution is 7.92. The molecule has 0 aromatic heterocycles. The zero-order valence-corrected chi connectivity index (χ0v) is 16.7. The Kier molecular flexibility index (Phi) is 6.81. The van der Waals surface area contributed by atoms with E-state index in [0.717, 1.165) is 6.26 Å². The molecule has 1 N–H and O–H groups in total. The number of non-ortho nitro benzene ring substituents is 1. The summed E-state index contributed by atoms with van der Waals surface area (Å²) in [6.07, 6.45) is 0.285. The molecular formula is C17H18ClN3O6S. The maximum absolute atomic E-state index is 12.0. The van der Waals surface area contributed by atoms with Gasteiger partial charge in [-0.1, -0.05) is 11.6 Å². The Labute approximate surface area is 167 Å². The molecule has 0 fully saturated rings. The van der Waals surface area contributed by atoms with E-state index in [1.807, 2.05) is 0 Å². The lowest BCUT2D eigenvalue weighted by Crippen LogP contribution is -2.32. The largest absolute Gasteiger partial charge is 0.412 e. The highest BCUT2D eigenvalue weighted by Crippen LogP contribution is 2.26. The second-order valence-corrected chi connectivity index (χ2v) is 8.04. The molecule has 0 atom stereocenters. The van der Waals surface area contributed by atoms with Crippen LogP contribution in [0, 0.1) is 10.1 Å². The van der Waals surface area contributed by atoms with Gasteiger partial charge in [-0.2, -0.15) is 0 Å². The number of hydrogen-bond acceptors (Lipinski definition) is 6. The van der Waals surface area contributed by atoms with Crippen LogP contribution in [-0.2, 0) is 16.6 Å². The first-order valence-electron chi connectivity index (χ1n) is 8.08. The van der Waals surface area contributed by atoms with Crippen LogP contribution in [0.3, 0.4) is 0 Å². The summed E-state index contributed by atoms with van der Waals surface area (Å²) in [6.45, 7) is 1.87. The number of amides is 1. The second kappa shape index (κ2) is 8.89. The van der Waals surface area contributed by atoms with Gasteiger partial charge in [0.2, 0.25) is 10.0 Å². The average molecular weight is 428 g/mol. The van der Waals surface area contributed by atoms with Crippen molar-refractivity contribution in [2.24, 2.45) is 0 Å². The monoisotopic (exact) mass is 427 g/mol. The summed E-state index contributed by atoms with van der Waals surface area (Å²) in [7, 11) is -3.51. The zero-order valence-electron chi connectivity index (χ0n) is 15.1. The summed E-state index contributed by atoms with van der Waals surface area (Å²) < 4.78 is 30.2. The molecule has 0 radical (unpaired) electrons. The van der Waals surface area contributed by atoms with Crippen LogP contribution in [-0.4, -0.2) is 32.2 Å². The molecule has 2 aromatic rings. The minimum absolute atomic E-state index is 0.0340. The maximum atomic E-state index is 12.0. The Bertz CT molecular complexity index is 979. The van der Waals surface area contributed by atoms with Crippen LogP contribution < -0.4 is 14.4 Å². The highest BCUT2D eigenvalue weighted by Gasteiger charge is 2.19. The average Bonchev–Trinajstić information content (AvgIpc) is 2.61. The van der Waals surface area contributed by atoms with Crippen molar-refractivity contribution in [1.82, 2.24) is 5.32 Å². The van der Waals surface area contributed by atoms with Gasteiger partial charge in [-0.3, -0.25) is 14.4 Å². The van der Waals surface area contributed by atoms with E-state index in [1.165, 1.54) is 28.6 Å². The number of nitrogens with zero attached hydrogens (tertiary/aromatic N) is 2. The minimum atomic E-state index is -3.51. The van der Waals surface area contributed by atoms with Gasteiger partial charge in [0.15, 0.2) is 0 Å². The topological polar surface area (TPSA) is 119 Å². The summed E-state index contributed by atoms with van der Waals surface area (Å²) in [5.41, 5.74) is 0.752. The molecular weight excluding hydrogens is 410 g/mol. The third-order valence-corrected chi connectivity index (χ3v) is 5.17. The van der Waals surface area contributed by atoms with Crippen molar-refractivity contribution in [3.63, 3.8) is 0 Å². The Morgan fingerprint density at radius 3 is 2.43 bits per heavy atom. The van der Waals surface area contributed by atoms with Crippen molar-refractivity contribution in [2.75, 3.05) is 17.1 Å². The van der Waals surface area contributed by atoms with Crippen LogP contribution in [0.2, 0.25) is 5.02 Å². The highest BCUT2D eigenvalue weighted by atomic mass is 35.5. The molecule has 0 saturated heterocycles. The van der Waals surface area contributed by atoms with Crippen LogP contribution in [0.4, 0.5) is 16.2 Å². The van der Waals surface area contributed by atoms with Crippen LogP contribution in [0.1, 0.15) is 12.5 Å². The van der Waals surface area contributed by atoms with Crippen LogP contribution in [0.25, 0.3) is 0 Å². The third kappa shape index (κ3) is 5.57. The SMILES string of the molecule is CCN(c1ccc(Cl)cc1CNC(=O)Oc1ccc([N+](=O)[O-])cc1)S(C)(=O)=O. The van der Waals surface area contributed by atoms with Crippen molar-refractivity contribution < 1.29 is 22.9 Å². The summed E-state index contributed by atoms with van der Waals surface area (Å²) in [4.78, 5) is 22.1. The number of nitrogens with one attached hydrogen (secondary N) is 1. The number of ether oxygens (including phenoxy) is 1. The van der Waals surface area contributed by atoms with E-state index >= 15 is 0 Å². The van der Waals surface area contributed by atoms with Gasteiger partial charge in [0.1, 0.15) is 5.75 Å². The van der Waals surface area contributed by atoms with Crippen LogP contribution >= 0.6 is 11.6 Å². The molecule has 11 heteroatoms. The van der Waals surface area contributed by atoms with E-state index < -0.39 is 21.0 Å². The van der Waals surface area contributed by atoms with E-state index in [1.54, 1.807) is 25.1 Å². The standard InChI is InChI=1S/C17H18ClN3O6S/c1-3-20(28(2,25)26)16-9-4-13(18)10-12(16)11-19-17(22)27-15-7-5-14(6-8-15)21(23)24/h4-10H,3,11H2,1-2H3,(H,19,22). The normalized spacial score (nSPS) is 11.0. The minimum Gasteiger partial charge on any atom is -0.410 e. The number of halogens is 1. The molecule has 1 amide bonds. The first-order valence-corrected chi connectivity index (χ1v) is 10.3. The number of nitro groups is 1. The number of nitro benzene ring substituents is 1. The number of carbonyl (C=O) groups is 1. The molecule has 0 aliphatic carbocycles. The number of anilines is 1. The molecule has 28 heavy (non-hydrogen) atoms. The van der Waals surface area contributed by atoms with Crippen LogP contribution in [0.5, 0.6) is 5.75 Å². The van der Waals surface area contributed by atoms with Gasteiger partial charge in [0.05, 0.1) is 16.9 Å². The molecule has 0 spiro atoms. The van der Waals surface area contributed by atoms with Crippen molar-refractivity contribution in [1.29, 1.82) is 0 Å². The smallest absolute Gasteiger partial charge is 0.410 e. The Morgan fingerprint density at radius 2 is 1.89 bits per heavy atom. The third-order valence-electron chi connectivity index (χ3n) is 3.68. The van der Waals surface area contributed by atoms with Gasteiger partial charge in [-0.25, -0.2) is 13.2 Å². The van der Waals surface area contributed by atoms with Crippen molar-refractivity contribution in [2.45, 2.75) is 13.5 Å². The molecule has 150 valence electrons. The lowest BCUT2D eigenvalue weighted by molar-refractivity contribution is -0.384. The van der Waals surface area contributed by atoms with Gasteiger partial charge in [-0.05, 0) is 42.8 Å². The number of benzene rings is 2. The van der Waals surface area contributed by atoms with Gasteiger partial charge >= 0.3 is 6.09 Å². The molecule has 0 bridgehead atoms. The molecule has 0 aliphatic heterocycles. The quantitative estimate of drug-likeness (QED) is 0.534. The summed E-state index contributed by atoms with van der Waals surface area (Å²) in [5, 5.41) is 13.5. The summed E-state index contributed by atoms with van der Waals surface area (Å²) in [5.74, 6) is 0.126. The molecule has 0 aliphatic rings. The molecule has 2 rings (SSSR count). The summed E-state index contributed by atoms with van der Waals surface area (Å²) in [6, 6.07) is 9.69.